The molecule has 0 aliphatic carbocycles. The van der Waals surface area contributed by atoms with Crippen LogP contribution in [0.5, 0.6) is 0 Å². The van der Waals surface area contributed by atoms with Crippen molar-refractivity contribution in [2.45, 2.75) is 45.3 Å². The van der Waals surface area contributed by atoms with Gasteiger partial charge in [0.05, 0.1) is 6.42 Å². The first-order valence-corrected chi connectivity index (χ1v) is 12.2. The highest BCUT2D eigenvalue weighted by molar-refractivity contribution is 6.36. The largest absolute Gasteiger partial charge is 0.352 e. The molecule has 0 radical (unpaired) electrons. The molecule has 0 fully saturated rings. The van der Waals surface area contributed by atoms with Crippen molar-refractivity contribution in [1.82, 2.24) is 10.2 Å². The van der Waals surface area contributed by atoms with Crippen molar-refractivity contribution in [2.75, 3.05) is 0 Å². The lowest BCUT2D eigenvalue weighted by Crippen LogP contribution is -2.52. The Kier molecular flexibility index (Phi) is 9.40. The molecule has 0 aromatic heterocycles. The van der Waals surface area contributed by atoms with E-state index < -0.39 is 6.04 Å². The van der Waals surface area contributed by atoms with Gasteiger partial charge in [-0.2, -0.15) is 0 Å². The lowest BCUT2D eigenvalue weighted by molar-refractivity contribution is -0.141. The molecule has 2 amide bonds. The van der Waals surface area contributed by atoms with E-state index in [2.05, 4.69) is 5.32 Å². The van der Waals surface area contributed by atoms with Crippen LogP contribution < -0.4 is 5.32 Å². The van der Waals surface area contributed by atoms with Gasteiger partial charge in [0.15, 0.2) is 0 Å². The van der Waals surface area contributed by atoms with Gasteiger partial charge in [0.2, 0.25) is 11.8 Å². The van der Waals surface area contributed by atoms with Crippen LogP contribution in [0.15, 0.2) is 72.8 Å². The average molecular weight is 518 g/mol. The number of carbonyl (C=O) groups is 2. The minimum atomic E-state index is -0.728. The molecule has 0 aliphatic heterocycles. The number of amides is 2. The van der Waals surface area contributed by atoms with Gasteiger partial charge in [-0.1, -0.05) is 83.3 Å². The van der Waals surface area contributed by atoms with Gasteiger partial charge < -0.3 is 10.2 Å². The predicted octanol–water partition coefficient (Wildman–Crippen LogP) is 6.35. The summed E-state index contributed by atoms with van der Waals surface area (Å²) in [4.78, 5) is 28.7. The Labute approximate surface area is 215 Å². The van der Waals surface area contributed by atoms with E-state index in [1.165, 1.54) is 0 Å². The molecule has 0 spiro atoms. The van der Waals surface area contributed by atoms with Crippen molar-refractivity contribution < 1.29 is 9.59 Å². The number of nitrogens with one attached hydrogen (secondary N) is 1. The van der Waals surface area contributed by atoms with Gasteiger partial charge in [-0.15, -0.1) is 0 Å². The number of nitrogens with zero attached hydrogens (tertiary/aromatic N) is 1. The first-order valence-electron chi connectivity index (χ1n) is 11.1. The number of hydrogen-bond acceptors (Lipinski definition) is 2. The summed E-state index contributed by atoms with van der Waals surface area (Å²) in [6.07, 6.45) is 0.349. The Morgan fingerprint density at radius 1 is 0.824 bits per heavy atom. The molecule has 1 N–H and O–H groups in total. The SMILES string of the molecule is CC(C)NC(=O)[C@@H](Cc1ccccc1)N(Cc1ccc(Cl)cc1)C(=O)Cc1c(Cl)cccc1Cl. The van der Waals surface area contributed by atoms with Crippen LogP contribution in [-0.4, -0.2) is 28.8 Å². The van der Waals surface area contributed by atoms with Gasteiger partial charge in [-0.05, 0) is 54.8 Å². The van der Waals surface area contributed by atoms with Crippen LogP contribution in [0.1, 0.15) is 30.5 Å². The van der Waals surface area contributed by atoms with E-state index >= 15 is 0 Å². The summed E-state index contributed by atoms with van der Waals surface area (Å²) in [6, 6.07) is 21.2. The third-order valence-electron chi connectivity index (χ3n) is 5.36. The fourth-order valence-corrected chi connectivity index (χ4v) is 4.33. The van der Waals surface area contributed by atoms with E-state index in [0.29, 0.717) is 27.1 Å². The van der Waals surface area contributed by atoms with Crippen molar-refractivity contribution in [1.29, 1.82) is 0 Å². The highest BCUT2D eigenvalue weighted by atomic mass is 35.5. The van der Waals surface area contributed by atoms with Crippen molar-refractivity contribution in [3.63, 3.8) is 0 Å². The molecule has 0 aliphatic rings. The van der Waals surface area contributed by atoms with E-state index in [0.717, 1.165) is 11.1 Å². The minimum Gasteiger partial charge on any atom is -0.352 e. The maximum Gasteiger partial charge on any atom is 0.243 e. The van der Waals surface area contributed by atoms with E-state index in [4.69, 9.17) is 34.8 Å². The zero-order valence-electron chi connectivity index (χ0n) is 19.1. The molecule has 1 atom stereocenters. The number of benzene rings is 3. The third-order valence-corrected chi connectivity index (χ3v) is 6.32. The predicted molar refractivity (Wildman–Crippen MR) is 139 cm³/mol. The summed E-state index contributed by atoms with van der Waals surface area (Å²) in [6.45, 7) is 4.03. The molecule has 7 heteroatoms. The summed E-state index contributed by atoms with van der Waals surface area (Å²) in [5, 5.41) is 4.40. The first-order chi connectivity index (χ1) is 16.2. The summed E-state index contributed by atoms with van der Waals surface area (Å²) in [5.41, 5.74) is 2.36. The molecule has 178 valence electrons. The average Bonchev–Trinajstić information content (AvgIpc) is 2.80. The van der Waals surface area contributed by atoms with E-state index in [-0.39, 0.29) is 30.8 Å². The van der Waals surface area contributed by atoms with E-state index in [1.807, 2.05) is 56.3 Å². The lowest BCUT2D eigenvalue weighted by atomic mass is 10.0. The fourth-order valence-electron chi connectivity index (χ4n) is 3.68. The van der Waals surface area contributed by atoms with Crippen molar-refractivity contribution in [3.05, 3.63) is 105 Å². The maximum atomic E-state index is 13.7. The summed E-state index contributed by atoms with van der Waals surface area (Å²) >= 11 is 18.8. The number of halogens is 3. The summed E-state index contributed by atoms with van der Waals surface area (Å²) in [7, 11) is 0. The molecule has 0 bridgehead atoms. The normalized spacial score (nSPS) is 11.8. The Bertz CT molecular complexity index is 1100. The second-order valence-corrected chi connectivity index (χ2v) is 9.64. The lowest BCUT2D eigenvalue weighted by Gasteiger charge is -2.32. The molecular weight excluding hydrogens is 491 g/mol. The van der Waals surface area contributed by atoms with Gasteiger partial charge in [-0.3, -0.25) is 9.59 Å². The molecule has 0 heterocycles. The topological polar surface area (TPSA) is 49.4 Å². The molecular formula is C27H27Cl3N2O2. The van der Waals surface area contributed by atoms with Gasteiger partial charge >= 0.3 is 0 Å². The summed E-state index contributed by atoms with van der Waals surface area (Å²) < 4.78 is 0. The van der Waals surface area contributed by atoms with Gasteiger partial charge in [-0.25, -0.2) is 0 Å². The van der Waals surface area contributed by atoms with Crippen LogP contribution in [0.3, 0.4) is 0 Å². The summed E-state index contributed by atoms with van der Waals surface area (Å²) in [5.74, 6) is -0.462. The van der Waals surface area contributed by atoms with Crippen molar-refractivity contribution >= 4 is 46.6 Å². The molecule has 3 aromatic rings. The van der Waals surface area contributed by atoms with Crippen LogP contribution in [0, 0.1) is 0 Å². The number of rotatable bonds is 9. The zero-order chi connectivity index (χ0) is 24.7. The van der Waals surface area contributed by atoms with Crippen LogP contribution in [0.2, 0.25) is 15.1 Å². The van der Waals surface area contributed by atoms with E-state index in [9.17, 15) is 9.59 Å². The molecule has 34 heavy (non-hydrogen) atoms. The van der Waals surface area contributed by atoms with Crippen LogP contribution in [0.4, 0.5) is 0 Å². The Morgan fingerprint density at radius 2 is 1.44 bits per heavy atom. The molecule has 4 nitrogen and oxygen atoms in total. The smallest absolute Gasteiger partial charge is 0.243 e. The highest BCUT2D eigenvalue weighted by Gasteiger charge is 2.31. The van der Waals surface area contributed by atoms with Crippen LogP contribution >= 0.6 is 34.8 Å². The Morgan fingerprint density at radius 3 is 2.03 bits per heavy atom. The minimum absolute atomic E-state index is 0.0215. The maximum absolute atomic E-state index is 13.7. The van der Waals surface area contributed by atoms with Crippen molar-refractivity contribution in [3.8, 4) is 0 Å². The second-order valence-electron chi connectivity index (χ2n) is 8.39. The third kappa shape index (κ3) is 7.23. The molecule has 3 aromatic carbocycles. The fraction of sp³-hybridized carbons (Fsp3) is 0.259. The van der Waals surface area contributed by atoms with Gasteiger partial charge in [0, 0.05) is 34.1 Å². The molecule has 0 saturated carbocycles. The first kappa shape index (κ1) is 26.1. The van der Waals surface area contributed by atoms with E-state index in [1.54, 1.807) is 35.2 Å². The standard InChI is InChI=1S/C27H27Cl3N2O2/c1-18(2)31-27(34)25(15-19-7-4-3-5-8-19)32(17-20-11-13-21(28)14-12-20)26(33)16-22-23(29)9-6-10-24(22)30/h3-14,18,25H,15-17H2,1-2H3,(H,31,34)/t25-/m1/s1. The highest BCUT2D eigenvalue weighted by Crippen LogP contribution is 2.26. The molecule has 3 rings (SSSR count). The van der Waals surface area contributed by atoms with Crippen LogP contribution in [0.25, 0.3) is 0 Å². The second kappa shape index (κ2) is 12.3. The zero-order valence-corrected chi connectivity index (χ0v) is 21.4. The van der Waals surface area contributed by atoms with Gasteiger partial charge in [0.25, 0.3) is 0 Å². The van der Waals surface area contributed by atoms with Crippen molar-refractivity contribution in [2.24, 2.45) is 0 Å². The number of hydrogen-bond donors (Lipinski definition) is 1. The van der Waals surface area contributed by atoms with Crippen LogP contribution in [-0.2, 0) is 29.0 Å². The Balaban J connectivity index is 2.00. The monoisotopic (exact) mass is 516 g/mol. The molecule has 0 saturated heterocycles. The number of carbonyl (C=O) groups excluding carboxylic acids is 2. The van der Waals surface area contributed by atoms with Gasteiger partial charge in [0.1, 0.15) is 6.04 Å². The Hall–Kier alpha value is -2.53. The molecule has 0 unspecified atom stereocenters. The quantitative estimate of drug-likeness (QED) is 0.359.